The zero-order chi connectivity index (χ0) is 34.2. The average molecular weight is 679 g/mol. The summed E-state index contributed by atoms with van der Waals surface area (Å²) in [4.78, 5) is 38.3. The normalized spacial score (nSPS) is 30.8. The number of primary amides is 1. The van der Waals surface area contributed by atoms with Crippen molar-refractivity contribution in [2.24, 2.45) is 22.7 Å². The lowest BCUT2D eigenvalue weighted by molar-refractivity contribution is -1.08. The summed E-state index contributed by atoms with van der Waals surface area (Å²) >= 11 is 0. The molecule has 0 aliphatic carbocycles. The molecule has 4 saturated heterocycles. The minimum atomic E-state index is -4.20. The lowest BCUT2D eigenvalue weighted by Gasteiger charge is -2.55. The van der Waals surface area contributed by atoms with Gasteiger partial charge in [0.05, 0.1) is 36.0 Å². The lowest BCUT2D eigenvalue weighted by atomic mass is 9.78. The SMILES string of the molecule is C[C@@H](O)[C@H]1C(=O)N2C(C(=O)O)=C(CN3N=C(c4ccccc4)c4cc(CC[N+]56CC[N+](CC(N)=O)(CC5)CC6)ccc4S3(=O)=O)[C@H](C)[C@H]12. The van der Waals surface area contributed by atoms with Crippen molar-refractivity contribution in [2.45, 2.75) is 37.3 Å². The molecule has 2 aromatic rings. The van der Waals surface area contributed by atoms with Gasteiger partial charge in [0.15, 0.2) is 6.54 Å². The molecule has 4 atom stereocenters. The Morgan fingerprint density at radius 3 is 2.29 bits per heavy atom. The predicted molar refractivity (Wildman–Crippen MR) is 174 cm³/mol. The van der Waals surface area contributed by atoms with Gasteiger partial charge in [-0.25, -0.2) is 4.79 Å². The Bertz CT molecular complexity index is 1850. The first-order chi connectivity index (χ1) is 22.8. The number of nitrogens with two attached hydrogens (primary N) is 1. The highest BCUT2D eigenvalue weighted by molar-refractivity contribution is 7.89. The number of nitrogens with zero attached hydrogens (tertiary/aromatic N) is 5. The van der Waals surface area contributed by atoms with E-state index < -0.39 is 45.9 Å². The van der Waals surface area contributed by atoms with Gasteiger partial charge in [-0.1, -0.05) is 43.3 Å². The van der Waals surface area contributed by atoms with Crippen LogP contribution in [0.1, 0.15) is 30.5 Å². The number of aliphatic hydroxyl groups is 1. The third-order valence-corrected chi connectivity index (χ3v) is 13.1. The first-order valence-electron chi connectivity index (χ1n) is 16.5. The van der Waals surface area contributed by atoms with Crippen molar-refractivity contribution in [2.75, 3.05) is 58.9 Å². The number of piperazine rings is 3. The Morgan fingerprint density at radius 2 is 1.69 bits per heavy atom. The van der Waals surface area contributed by atoms with Crippen LogP contribution in [0.2, 0.25) is 0 Å². The van der Waals surface area contributed by atoms with E-state index in [9.17, 15) is 33.0 Å². The molecule has 254 valence electrons. The molecule has 14 heteroatoms. The molecule has 13 nitrogen and oxygen atoms in total. The third-order valence-electron chi connectivity index (χ3n) is 11.4. The fourth-order valence-electron chi connectivity index (χ4n) is 8.62. The fraction of sp³-hybridized carbons (Fsp3) is 0.471. The zero-order valence-electron chi connectivity index (χ0n) is 27.2. The molecule has 2 bridgehead atoms. The molecule has 0 spiro atoms. The van der Waals surface area contributed by atoms with E-state index in [-0.39, 0.29) is 28.6 Å². The molecule has 8 rings (SSSR count). The van der Waals surface area contributed by atoms with Crippen molar-refractivity contribution < 1.29 is 42.0 Å². The van der Waals surface area contributed by atoms with E-state index >= 15 is 0 Å². The van der Waals surface area contributed by atoms with Crippen molar-refractivity contribution in [1.29, 1.82) is 0 Å². The zero-order valence-corrected chi connectivity index (χ0v) is 28.0. The van der Waals surface area contributed by atoms with Crippen molar-refractivity contribution in [3.63, 3.8) is 0 Å². The summed E-state index contributed by atoms with van der Waals surface area (Å²) in [5.41, 5.74) is 8.24. The fourth-order valence-corrected chi connectivity index (χ4v) is 10.0. The van der Waals surface area contributed by atoms with Crippen LogP contribution in [-0.4, -0.2) is 131 Å². The predicted octanol–water partition coefficient (Wildman–Crippen LogP) is 0.328. The molecule has 0 saturated carbocycles. The van der Waals surface area contributed by atoms with Crippen LogP contribution in [-0.2, 0) is 30.8 Å². The number of sulfonamides is 1. The van der Waals surface area contributed by atoms with Crippen molar-refractivity contribution in [1.82, 2.24) is 9.31 Å². The number of carboxylic acids is 1. The van der Waals surface area contributed by atoms with E-state index in [0.29, 0.717) is 23.4 Å². The van der Waals surface area contributed by atoms with Crippen LogP contribution in [0, 0.1) is 11.8 Å². The van der Waals surface area contributed by atoms with Gasteiger partial charge in [-0.15, -0.1) is 0 Å². The van der Waals surface area contributed by atoms with Crippen molar-refractivity contribution in [3.05, 3.63) is 76.5 Å². The molecule has 2 aromatic carbocycles. The van der Waals surface area contributed by atoms with Gasteiger partial charge in [0, 0.05) is 23.5 Å². The van der Waals surface area contributed by atoms with Gasteiger partial charge < -0.3 is 29.8 Å². The number of benzene rings is 2. The number of carbonyl (C=O) groups excluding carboxylic acids is 2. The second kappa shape index (κ2) is 11.5. The number of β-lactam (4-membered cyclic amide) rings is 1. The van der Waals surface area contributed by atoms with Crippen LogP contribution in [0.5, 0.6) is 0 Å². The van der Waals surface area contributed by atoms with Gasteiger partial charge in [0.25, 0.3) is 15.9 Å². The summed E-state index contributed by atoms with van der Waals surface area (Å²) in [5, 5.41) is 25.1. The monoisotopic (exact) mass is 678 g/mol. The Hall–Kier alpha value is -4.11. The van der Waals surface area contributed by atoms with E-state index in [1.165, 1.54) is 11.8 Å². The molecule has 6 aliphatic rings. The maximum Gasteiger partial charge on any atom is 0.352 e. The van der Waals surface area contributed by atoms with E-state index in [1.807, 2.05) is 42.5 Å². The van der Waals surface area contributed by atoms with Gasteiger partial charge in [-0.05, 0) is 30.2 Å². The number of hydrogen-bond donors (Lipinski definition) is 3. The highest BCUT2D eigenvalue weighted by atomic mass is 32.2. The molecular weight excluding hydrogens is 636 g/mol. The minimum absolute atomic E-state index is 0.0842. The molecule has 48 heavy (non-hydrogen) atoms. The first-order valence-corrected chi connectivity index (χ1v) is 18.0. The number of fused-ring (bicyclic) bond motifs is 5. The number of rotatable bonds is 10. The number of carbonyl (C=O) groups is 3. The molecular formula is C34H42N6O7S+2. The standard InChI is InChI=1S/C34H40N6O7S/c1-21-26(32(34(44)45)38-31(21)29(22(2)41)33(38)43)19-37-36-30(24-6-4-3-5-7-24)25-18-23(8-9-27(25)48(37,46)47)10-11-39-12-15-40(16-13-39,17-14-39)20-28(35)42/h3-9,18,21-22,29,31,41H,10-17,19-20H2,1-2H3,(H-2,35,42,44,45)/p+2/t21-,22+,29+,31+,39?,40?/m0/s1. The van der Waals surface area contributed by atoms with Crippen LogP contribution in [0.15, 0.2) is 69.8 Å². The van der Waals surface area contributed by atoms with Crippen LogP contribution in [0.25, 0.3) is 0 Å². The second-order valence-electron chi connectivity index (χ2n) is 14.2. The van der Waals surface area contributed by atoms with E-state index in [0.717, 1.165) is 71.2 Å². The highest BCUT2D eigenvalue weighted by Crippen LogP contribution is 2.48. The summed E-state index contributed by atoms with van der Waals surface area (Å²) in [7, 11) is -4.20. The molecule has 6 aliphatic heterocycles. The number of quaternary nitrogens is 2. The van der Waals surface area contributed by atoms with Gasteiger partial charge in [0.1, 0.15) is 50.7 Å². The van der Waals surface area contributed by atoms with E-state index in [1.54, 1.807) is 13.0 Å². The largest absolute Gasteiger partial charge is 0.477 e. The van der Waals surface area contributed by atoms with E-state index in [2.05, 4.69) is 5.10 Å². The Morgan fingerprint density at radius 1 is 1.04 bits per heavy atom. The topological polar surface area (TPSA) is 171 Å². The Kier molecular flexibility index (Phi) is 7.77. The molecule has 0 aromatic heterocycles. The summed E-state index contributed by atoms with van der Waals surface area (Å²) in [6.45, 7) is 9.94. The number of carboxylic acid groups (broad SMARTS) is 1. The Balaban J connectivity index is 1.19. The van der Waals surface area contributed by atoms with Crippen LogP contribution in [0.4, 0.5) is 0 Å². The maximum absolute atomic E-state index is 14.2. The number of amides is 2. The van der Waals surface area contributed by atoms with Crippen molar-refractivity contribution >= 4 is 33.5 Å². The summed E-state index contributed by atoms with van der Waals surface area (Å²) in [5.74, 6) is -3.32. The quantitative estimate of drug-likeness (QED) is 0.240. The van der Waals surface area contributed by atoms with Crippen LogP contribution >= 0.6 is 0 Å². The van der Waals surface area contributed by atoms with Crippen LogP contribution < -0.4 is 5.73 Å². The van der Waals surface area contributed by atoms with E-state index in [4.69, 9.17) is 5.73 Å². The third kappa shape index (κ3) is 5.13. The average Bonchev–Trinajstić information content (AvgIpc) is 3.29. The number of aliphatic hydroxyl groups excluding tert-OH is 1. The van der Waals surface area contributed by atoms with Gasteiger partial charge >= 0.3 is 5.97 Å². The maximum atomic E-state index is 14.2. The van der Waals surface area contributed by atoms with Gasteiger partial charge in [-0.3, -0.25) is 9.59 Å². The summed E-state index contributed by atoms with van der Waals surface area (Å²) in [6, 6.07) is 14.1. The Labute approximate surface area is 279 Å². The molecule has 4 N–H and O–H groups in total. The molecule has 4 fully saturated rings. The number of aliphatic carboxylic acids is 1. The smallest absolute Gasteiger partial charge is 0.352 e. The molecule has 6 heterocycles. The molecule has 0 radical (unpaired) electrons. The number of hydrogen-bond acceptors (Lipinski definition) is 7. The summed E-state index contributed by atoms with van der Waals surface area (Å²) < 4.78 is 31.1. The molecule has 2 amide bonds. The first kappa shape index (κ1) is 32.4. The van der Waals surface area contributed by atoms with Crippen LogP contribution in [0.3, 0.4) is 0 Å². The van der Waals surface area contributed by atoms with Gasteiger partial charge in [-0.2, -0.15) is 17.9 Å². The lowest BCUT2D eigenvalue weighted by Crippen LogP contribution is -2.76. The van der Waals surface area contributed by atoms with Gasteiger partial charge in [0.2, 0.25) is 5.91 Å². The summed E-state index contributed by atoms with van der Waals surface area (Å²) in [6.07, 6.45) is -0.223. The van der Waals surface area contributed by atoms with Crippen molar-refractivity contribution in [3.8, 4) is 0 Å². The molecule has 0 unspecified atom stereocenters. The highest BCUT2D eigenvalue weighted by Gasteiger charge is 2.60. The minimum Gasteiger partial charge on any atom is -0.477 e. The second-order valence-corrected chi connectivity index (χ2v) is 16.0. The number of hydrazone groups is 1.